The molecule has 1 aliphatic heterocycles. The standard InChI is InChI=1S/C23H25N7O2/c1-15(13-26-14-20(24)25)19-12-16-6-7-27-23(31)21(16)22(29-19)28-17-2-4-18(5-3-17)30-8-10-32-11-9-30/h2-7,12-14H,1,8-11,24-25H2,(H,27,31)(H,28,29)/b26-13-. The Morgan fingerprint density at radius 2 is 1.97 bits per heavy atom. The highest BCUT2D eigenvalue weighted by Crippen LogP contribution is 2.26. The van der Waals surface area contributed by atoms with E-state index < -0.39 is 0 Å². The molecule has 2 aromatic heterocycles. The number of pyridine rings is 2. The van der Waals surface area contributed by atoms with Gasteiger partial charge in [0.2, 0.25) is 0 Å². The molecule has 1 aliphatic rings. The summed E-state index contributed by atoms with van der Waals surface area (Å²) < 4.78 is 5.42. The van der Waals surface area contributed by atoms with E-state index in [-0.39, 0.29) is 11.4 Å². The van der Waals surface area contributed by atoms with Crippen LogP contribution in [0.5, 0.6) is 0 Å². The van der Waals surface area contributed by atoms with E-state index in [4.69, 9.17) is 16.2 Å². The Morgan fingerprint density at radius 1 is 1.22 bits per heavy atom. The highest BCUT2D eigenvalue weighted by atomic mass is 16.5. The van der Waals surface area contributed by atoms with Crippen LogP contribution < -0.4 is 27.2 Å². The first kappa shape index (κ1) is 21.1. The quantitative estimate of drug-likeness (QED) is 0.440. The lowest BCUT2D eigenvalue weighted by Gasteiger charge is -2.28. The Balaban J connectivity index is 1.66. The van der Waals surface area contributed by atoms with E-state index in [0.29, 0.717) is 22.5 Å². The molecule has 0 aliphatic carbocycles. The van der Waals surface area contributed by atoms with Gasteiger partial charge in [-0.1, -0.05) is 6.58 Å². The van der Waals surface area contributed by atoms with Gasteiger partial charge < -0.3 is 31.4 Å². The predicted molar refractivity (Wildman–Crippen MR) is 129 cm³/mol. The zero-order valence-electron chi connectivity index (χ0n) is 17.5. The molecule has 6 N–H and O–H groups in total. The molecule has 0 radical (unpaired) electrons. The third kappa shape index (κ3) is 4.79. The van der Waals surface area contributed by atoms with Gasteiger partial charge in [0.1, 0.15) is 11.6 Å². The van der Waals surface area contributed by atoms with Crippen LogP contribution in [0.4, 0.5) is 17.2 Å². The molecule has 0 atom stereocenters. The second kappa shape index (κ2) is 9.36. The number of hydrogen-bond donors (Lipinski definition) is 4. The number of nitrogens with one attached hydrogen (secondary N) is 2. The third-order valence-electron chi connectivity index (χ3n) is 5.04. The average Bonchev–Trinajstić information content (AvgIpc) is 2.79. The van der Waals surface area contributed by atoms with E-state index in [0.717, 1.165) is 43.1 Å². The van der Waals surface area contributed by atoms with E-state index in [2.05, 4.69) is 31.8 Å². The molecule has 0 bridgehead atoms. The molecule has 164 valence electrons. The van der Waals surface area contributed by atoms with Gasteiger partial charge in [0.05, 0.1) is 30.5 Å². The van der Waals surface area contributed by atoms with Gasteiger partial charge in [-0.3, -0.25) is 9.79 Å². The number of allylic oxidation sites excluding steroid dienone is 1. The molecule has 3 heterocycles. The van der Waals surface area contributed by atoms with Crippen molar-refractivity contribution in [3.63, 3.8) is 0 Å². The van der Waals surface area contributed by atoms with Crippen molar-refractivity contribution in [1.82, 2.24) is 9.97 Å². The minimum atomic E-state index is -0.230. The summed E-state index contributed by atoms with van der Waals surface area (Å²) in [6.45, 7) is 7.20. The van der Waals surface area contributed by atoms with Crippen LogP contribution in [-0.4, -0.2) is 42.5 Å². The van der Waals surface area contributed by atoms with E-state index in [1.54, 1.807) is 12.3 Å². The van der Waals surface area contributed by atoms with Crippen molar-refractivity contribution in [2.45, 2.75) is 0 Å². The van der Waals surface area contributed by atoms with Crippen LogP contribution in [0.25, 0.3) is 16.3 Å². The summed E-state index contributed by atoms with van der Waals surface area (Å²) in [6, 6.07) is 11.6. The van der Waals surface area contributed by atoms with Gasteiger partial charge in [0.25, 0.3) is 5.56 Å². The fourth-order valence-electron chi connectivity index (χ4n) is 3.46. The third-order valence-corrected chi connectivity index (χ3v) is 5.04. The molecule has 3 aromatic rings. The Hall–Kier alpha value is -4.11. The van der Waals surface area contributed by atoms with Crippen molar-refractivity contribution >= 4 is 39.8 Å². The van der Waals surface area contributed by atoms with Crippen LogP contribution in [0.3, 0.4) is 0 Å². The maximum Gasteiger partial charge on any atom is 0.259 e. The predicted octanol–water partition coefficient (Wildman–Crippen LogP) is 2.30. The minimum Gasteiger partial charge on any atom is -0.384 e. The van der Waals surface area contributed by atoms with Gasteiger partial charge in [0.15, 0.2) is 0 Å². The topological polar surface area (TPSA) is 135 Å². The molecule has 4 rings (SSSR count). The molecular weight excluding hydrogens is 406 g/mol. The summed E-state index contributed by atoms with van der Waals surface area (Å²) in [7, 11) is 0. The van der Waals surface area contributed by atoms with Crippen molar-refractivity contribution in [1.29, 1.82) is 0 Å². The van der Waals surface area contributed by atoms with Crippen molar-refractivity contribution in [2.24, 2.45) is 16.5 Å². The second-order valence-electron chi connectivity index (χ2n) is 7.33. The summed E-state index contributed by atoms with van der Waals surface area (Å²) in [5, 5.41) is 4.47. The van der Waals surface area contributed by atoms with E-state index in [9.17, 15) is 4.79 Å². The first-order valence-electron chi connectivity index (χ1n) is 10.2. The molecule has 1 aromatic carbocycles. The average molecular weight is 432 g/mol. The number of fused-ring (bicyclic) bond motifs is 1. The molecule has 0 spiro atoms. The van der Waals surface area contributed by atoms with Crippen LogP contribution in [0.2, 0.25) is 0 Å². The Bertz CT molecular complexity index is 1240. The van der Waals surface area contributed by atoms with Gasteiger partial charge >= 0.3 is 0 Å². The summed E-state index contributed by atoms with van der Waals surface area (Å²) in [5.74, 6) is 0.525. The Morgan fingerprint density at radius 3 is 2.69 bits per heavy atom. The van der Waals surface area contributed by atoms with Crippen molar-refractivity contribution in [3.05, 3.63) is 77.2 Å². The number of aromatic nitrogens is 2. The molecule has 0 amide bonds. The highest BCUT2D eigenvalue weighted by Gasteiger charge is 2.13. The van der Waals surface area contributed by atoms with E-state index in [1.807, 2.05) is 30.3 Å². The number of morpholine rings is 1. The monoisotopic (exact) mass is 431 g/mol. The van der Waals surface area contributed by atoms with Crippen LogP contribution in [0, 0.1) is 0 Å². The fraction of sp³-hybridized carbons (Fsp3) is 0.174. The maximum absolute atomic E-state index is 12.5. The smallest absolute Gasteiger partial charge is 0.259 e. The van der Waals surface area contributed by atoms with Crippen LogP contribution in [0.1, 0.15) is 5.69 Å². The molecule has 0 saturated carbocycles. The van der Waals surface area contributed by atoms with Gasteiger partial charge in [-0.05, 0) is 41.8 Å². The molecule has 9 nitrogen and oxygen atoms in total. The van der Waals surface area contributed by atoms with Gasteiger partial charge in [-0.15, -0.1) is 0 Å². The van der Waals surface area contributed by atoms with E-state index >= 15 is 0 Å². The van der Waals surface area contributed by atoms with Crippen molar-refractivity contribution in [3.8, 4) is 0 Å². The van der Waals surface area contributed by atoms with Gasteiger partial charge in [-0.2, -0.15) is 0 Å². The highest BCUT2D eigenvalue weighted by molar-refractivity contribution is 6.10. The SMILES string of the molecule is C=C(/C=N\C=C(N)N)c1cc2cc[nH]c(=O)c2c(Nc2ccc(N3CCOCC3)cc2)n1. The lowest BCUT2D eigenvalue weighted by atomic mass is 10.1. The Kier molecular flexibility index (Phi) is 6.18. The zero-order valence-corrected chi connectivity index (χ0v) is 17.5. The number of nitrogens with two attached hydrogens (primary N) is 2. The number of anilines is 3. The summed E-state index contributed by atoms with van der Waals surface area (Å²) in [4.78, 5) is 26.2. The van der Waals surface area contributed by atoms with Crippen LogP contribution in [0.15, 0.2) is 71.0 Å². The first-order valence-corrected chi connectivity index (χ1v) is 10.2. The fourth-order valence-corrected chi connectivity index (χ4v) is 3.46. The minimum absolute atomic E-state index is 0.0925. The number of benzene rings is 1. The largest absolute Gasteiger partial charge is 0.384 e. The zero-order chi connectivity index (χ0) is 22.5. The number of aliphatic imine (C=N–C) groups is 1. The molecule has 32 heavy (non-hydrogen) atoms. The van der Waals surface area contributed by atoms with E-state index in [1.165, 1.54) is 12.4 Å². The summed E-state index contributed by atoms with van der Waals surface area (Å²) >= 11 is 0. The lowest BCUT2D eigenvalue weighted by molar-refractivity contribution is 0.122. The summed E-state index contributed by atoms with van der Waals surface area (Å²) in [6.07, 6.45) is 4.44. The number of ether oxygens (including phenoxy) is 1. The first-order chi connectivity index (χ1) is 15.5. The van der Waals surface area contributed by atoms with Crippen molar-refractivity contribution < 1.29 is 4.74 Å². The number of H-pyrrole nitrogens is 1. The van der Waals surface area contributed by atoms with Gasteiger partial charge in [0, 0.05) is 42.4 Å². The van der Waals surface area contributed by atoms with Crippen molar-refractivity contribution in [2.75, 3.05) is 36.5 Å². The molecule has 0 unspecified atom stereocenters. The summed E-state index contributed by atoms with van der Waals surface area (Å²) in [5.41, 5.74) is 13.6. The lowest BCUT2D eigenvalue weighted by Crippen LogP contribution is -2.36. The molecule has 1 fully saturated rings. The van der Waals surface area contributed by atoms with Crippen LogP contribution >= 0.6 is 0 Å². The Labute approximate surface area is 185 Å². The molecule has 1 saturated heterocycles. The number of aromatic amines is 1. The molecule has 9 heteroatoms. The normalized spacial score (nSPS) is 13.9. The number of nitrogens with zero attached hydrogens (tertiary/aromatic N) is 3. The maximum atomic E-state index is 12.5. The number of hydrogen-bond acceptors (Lipinski definition) is 8. The second-order valence-corrected chi connectivity index (χ2v) is 7.33. The number of rotatable bonds is 6. The van der Waals surface area contributed by atoms with Gasteiger partial charge in [-0.25, -0.2) is 4.98 Å². The molecular formula is C23H25N7O2. The van der Waals surface area contributed by atoms with Crippen LogP contribution in [-0.2, 0) is 4.74 Å².